The van der Waals surface area contributed by atoms with Gasteiger partial charge >= 0.3 is 0 Å². The van der Waals surface area contributed by atoms with Crippen molar-refractivity contribution in [2.75, 3.05) is 19.7 Å². The van der Waals surface area contributed by atoms with Gasteiger partial charge < -0.3 is 20.3 Å². The average molecular weight is 245 g/mol. The third-order valence-electron chi connectivity index (χ3n) is 3.27. The summed E-state index contributed by atoms with van der Waals surface area (Å²) in [4.78, 5) is 0. The van der Waals surface area contributed by atoms with E-state index in [2.05, 4.69) is 5.32 Å². The van der Waals surface area contributed by atoms with Crippen LogP contribution in [0.25, 0.3) is 10.8 Å². The number of ether oxygens (including phenoxy) is 1. The Balaban J connectivity index is 2.18. The van der Waals surface area contributed by atoms with Gasteiger partial charge in [-0.3, -0.25) is 0 Å². The number of phenolic OH excluding ortho intramolecular Hbond substituents is 2. The zero-order chi connectivity index (χ0) is 12.5. The first-order valence-corrected chi connectivity index (χ1v) is 6.02. The van der Waals surface area contributed by atoms with Gasteiger partial charge in [0.15, 0.2) is 0 Å². The molecule has 0 aliphatic carbocycles. The van der Waals surface area contributed by atoms with Gasteiger partial charge in [0.25, 0.3) is 0 Å². The van der Waals surface area contributed by atoms with Crippen molar-refractivity contribution in [1.29, 1.82) is 0 Å². The quantitative estimate of drug-likeness (QED) is 0.718. The van der Waals surface area contributed by atoms with Gasteiger partial charge in [-0.2, -0.15) is 0 Å². The molecule has 4 heteroatoms. The van der Waals surface area contributed by atoms with Crippen molar-refractivity contribution in [3.63, 3.8) is 0 Å². The maximum absolute atomic E-state index is 10.1. The maximum Gasteiger partial charge on any atom is 0.122 e. The normalized spacial score (nSPS) is 20.1. The molecule has 18 heavy (non-hydrogen) atoms. The first-order valence-electron chi connectivity index (χ1n) is 6.02. The van der Waals surface area contributed by atoms with E-state index in [0.717, 1.165) is 22.9 Å². The number of hydrogen-bond acceptors (Lipinski definition) is 4. The number of morpholine rings is 1. The summed E-state index contributed by atoms with van der Waals surface area (Å²) in [5.41, 5.74) is 0.746. The molecule has 3 rings (SSSR count). The molecule has 0 aromatic heterocycles. The molecular formula is C14H15NO3. The minimum atomic E-state index is -0.177. The summed E-state index contributed by atoms with van der Waals surface area (Å²) in [5, 5.41) is 24.7. The fourth-order valence-electron chi connectivity index (χ4n) is 2.41. The van der Waals surface area contributed by atoms with Crippen LogP contribution in [0, 0.1) is 0 Å². The highest BCUT2D eigenvalue weighted by Crippen LogP contribution is 2.36. The van der Waals surface area contributed by atoms with Gasteiger partial charge in [0.2, 0.25) is 0 Å². The van der Waals surface area contributed by atoms with E-state index in [1.807, 2.05) is 12.1 Å². The van der Waals surface area contributed by atoms with Crippen LogP contribution in [0.4, 0.5) is 0 Å². The molecule has 1 fully saturated rings. The molecule has 2 aromatic rings. The molecule has 1 atom stereocenters. The van der Waals surface area contributed by atoms with Crippen LogP contribution in [-0.4, -0.2) is 29.9 Å². The van der Waals surface area contributed by atoms with Gasteiger partial charge in [-0.1, -0.05) is 12.1 Å². The van der Waals surface area contributed by atoms with Gasteiger partial charge in [0.1, 0.15) is 11.5 Å². The van der Waals surface area contributed by atoms with Crippen molar-refractivity contribution in [2.24, 2.45) is 0 Å². The van der Waals surface area contributed by atoms with E-state index in [4.69, 9.17) is 4.74 Å². The van der Waals surface area contributed by atoms with Crippen LogP contribution in [0.15, 0.2) is 30.3 Å². The SMILES string of the molecule is Oc1ccc2ccc(O)c(C3CNCCO3)c2c1. The highest BCUT2D eigenvalue weighted by molar-refractivity contribution is 5.89. The lowest BCUT2D eigenvalue weighted by Gasteiger charge is -2.25. The Kier molecular flexibility index (Phi) is 2.81. The molecule has 0 saturated carbocycles. The van der Waals surface area contributed by atoms with E-state index in [1.54, 1.807) is 18.2 Å². The van der Waals surface area contributed by atoms with Crippen LogP contribution < -0.4 is 5.32 Å². The van der Waals surface area contributed by atoms with Crippen molar-refractivity contribution in [1.82, 2.24) is 5.32 Å². The molecule has 1 saturated heterocycles. The average Bonchev–Trinajstić information content (AvgIpc) is 2.39. The van der Waals surface area contributed by atoms with E-state index in [9.17, 15) is 10.2 Å². The molecule has 1 aliphatic rings. The first-order chi connectivity index (χ1) is 8.75. The zero-order valence-corrected chi connectivity index (χ0v) is 9.89. The van der Waals surface area contributed by atoms with Gasteiger partial charge in [-0.15, -0.1) is 0 Å². The lowest BCUT2D eigenvalue weighted by atomic mass is 9.98. The van der Waals surface area contributed by atoms with Crippen molar-refractivity contribution in [2.45, 2.75) is 6.10 Å². The van der Waals surface area contributed by atoms with Crippen molar-refractivity contribution in [3.8, 4) is 11.5 Å². The van der Waals surface area contributed by atoms with E-state index >= 15 is 0 Å². The summed E-state index contributed by atoms with van der Waals surface area (Å²) in [6.45, 7) is 2.12. The summed E-state index contributed by atoms with van der Waals surface area (Å²) in [7, 11) is 0. The number of phenols is 2. The molecule has 94 valence electrons. The fourth-order valence-corrected chi connectivity index (χ4v) is 2.41. The number of aromatic hydroxyl groups is 2. The van der Waals surface area contributed by atoms with Crippen LogP contribution >= 0.6 is 0 Å². The topological polar surface area (TPSA) is 61.7 Å². The second-order valence-electron chi connectivity index (χ2n) is 4.47. The van der Waals surface area contributed by atoms with Gasteiger partial charge in [0, 0.05) is 18.7 Å². The zero-order valence-electron chi connectivity index (χ0n) is 9.89. The van der Waals surface area contributed by atoms with Crippen LogP contribution in [0.1, 0.15) is 11.7 Å². The smallest absolute Gasteiger partial charge is 0.122 e. The van der Waals surface area contributed by atoms with E-state index in [1.165, 1.54) is 0 Å². The minimum absolute atomic E-state index is 0.177. The molecule has 1 unspecified atom stereocenters. The largest absolute Gasteiger partial charge is 0.508 e. The van der Waals surface area contributed by atoms with Gasteiger partial charge in [-0.05, 0) is 29.0 Å². The monoisotopic (exact) mass is 245 g/mol. The molecule has 1 heterocycles. The molecule has 4 nitrogen and oxygen atoms in total. The van der Waals surface area contributed by atoms with Crippen molar-refractivity contribution < 1.29 is 14.9 Å². The number of benzene rings is 2. The predicted molar refractivity (Wildman–Crippen MR) is 68.8 cm³/mol. The molecular weight excluding hydrogens is 230 g/mol. The highest BCUT2D eigenvalue weighted by Gasteiger charge is 2.21. The van der Waals surface area contributed by atoms with Gasteiger partial charge in [0.05, 0.1) is 12.7 Å². The van der Waals surface area contributed by atoms with Crippen LogP contribution in [-0.2, 0) is 4.74 Å². The molecule has 0 spiro atoms. The Hall–Kier alpha value is -1.78. The van der Waals surface area contributed by atoms with E-state index < -0.39 is 0 Å². The van der Waals surface area contributed by atoms with E-state index in [0.29, 0.717) is 13.2 Å². The summed E-state index contributed by atoms with van der Waals surface area (Å²) in [6, 6.07) is 8.66. The lowest BCUT2D eigenvalue weighted by molar-refractivity contribution is 0.0273. The van der Waals surface area contributed by atoms with Crippen LogP contribution in [0.2, 0.25) is 0 Å². The molecule has 3 N–H and O–H groups in total. The summed E-state index contributed by atoms with van der Waals surface area (Å²) in [5.74, 6) is 0.403. The third-order valence-corrected chi connectivity index (χ3v) is 3.27. The summed E-state index contributed by atoms with van der Waals surface area (Å²) >= 11 is 0. The highest BCUT2D eigenvalue weighted by atomic mass is 16.5. The Labute approximate surface area is 105 Å². The van der Waals surface area contributed by atoms with Crippen molar-refractivity contribution in [3.05, 3.63) is 35.9 Å². The van der Waals surface area contributed by atoms with Gasteiger partial charge in [-0.25, -0.2) is 0 Å². The fraction of sp³-hybridized carbons (Fsp3) is 0.286. The van der Waals surface area contributed by atoms with Crippen LogP contribution in [0.5, 0.6) is 11.5 Å². The number of nitrogens with one attached hydrogen (secondary N) is 1. The first kappa shape index (κ1) is 11.3. The molecule has 0 bridgehead atoms. The molecule has 1 aliphatic heterocycles. The lowest BCUT2D eigenvalue weighted by Crippen LogP contribution is -2.33. The van der Waals surface area contributed by atoms with Crippen molar-refractivity contribution >= 4 is 10.8 Å². The minimum Gasteiger partial charge on any atom is -0.508 e. The number of rotatable bonds is 1. The Morgan fingerprint density at radius 2 is 2.00 bits per heavy atom. The molecule has 0 radical (unpaired) electrons. The Bertz CT molecular complexity index is 571. The number of fused-ring (bicyclic) bond motifs is 1. The number of hydrogen-bond donors (Lipinski definition) is 3. The summed E-state index contributed by atoms with van der Waals surface area (Å²) < 4.78 is 5.69. The second-order valence-corrected chi connectivity index (χ2v) is 4.47. The van der Waals surface area contributed by atoms with Crippen LogP contribution in [0.3, 0.4) is 0 Å². The molecule has 2 aromatic carbocycles. The maximum atomic E-state index is 10.1. The Morgan fingerprint density at radius 1 is 1.17 bits per heavy atom. The Morgan fingerprint density at radius 3 is 2.78 bits per heavy atom. The standard InChI is InChI=1S/C14H15NO3/c16-10-3-1-9-2-4-12(17)14(11(9)7-10)13-8-15-5-6-18-13/h1-4,7,13,15-17H,5-6,8H2. The molecule has 0 amide bonds. The van der Waals surface area contributed by atoms with E-state index in [-0.39, 0.29) is 17.6 Å². The predicted octanol–water partition coefficient (Wildman–Crippen LogP) is 1.91. The second kappa shape index (κ2) is 4.48. The summed E-state index contributed by atoms with van der Waals surface area (Å²) in [6.07, 6.45) is -0.177. The third kappa shape index (κ3) is 1.89.